The third-order valence-electron chi connectivity index (χ3n) is 4.86. The van der Waals surface area contributed by atoms with Crippen molar-refractivity contribution in [3.05, 3.63) is 48.5 Å². The summed E-state index contributed by atoms with van der Waals surface area (Å²) >= 11 is 0. The van der Waals surface area contributed by atoms with Crippen LogP contribution >= 0.6 is 0 Å². The number of aromatic nitrogens is 6. The first-order valence-electron chi connectivity index (χ1n) is 8.55. The molecule has 1 amide bonds. The number of benzene rings is 1. The van der Waals surface area contributed by atoms with Crippen LogP contribution in [-0.4, -0.2) is 49.0 Å². The van der Waals surface area contributed by atoms with Crippen LogP contribution in [-0.2, 0) is 10.3 Å². The van der Waals surface area contributed by atoms with E-state index in [0.29, 0.717) is 18.5 Å². The van der Waals surface area contributed by atoms with Gasteiger partial charge in [-0.2, -0.15) is 5.10 Å². The van der Waals surface area contributed by atoms with Crippen molar-refractivity contribution in [2.24, 2.45) is 0 Å². The predicted octanol–water partition coefficient (Wildman–Crippen LogP) is 0.885. The van der Waals surface area contributed by atoms with Gasteiger partial charge in [-0.25, -0.2) is 4.68 Å². The second-order valence-corrected chi connectivity index (χ2v) is 6.44. The molecule has 0 saturated carbocycles. The molecule has 1 aliphatic heterocycles. The third-order valence-corrected chi connectivity index (χ3v) is 4.86. The molecule has 1 saturated heterocycles. The number of tetrazole rings is 1. The highest BCUT2D eigenvalue weighted by molar-refractivity contribution is 5.97. The fraction of sp³-hybridized carbons (Fsp3) is 0.353. The van der Waals surface area contributed by atoms with Crippen LogP contribution in [0.15, 0.2) is 43.0 Å². The van der Waals surface area contributed by atoms with Gasteiger partial charge in [0.15, 0.2) is 0 Å². The highest BCUT2D eigenvalue weighted by Crippen LogP contribution is 2.29. The molecule has 1 aliphatic rings. The van der Waals surface area contributed by atoms with Gasteiger partial charge in [0.1, 0.15) is 11.9 Å². The molecule has 9 nitrogen and oxygen atoms in total. The van der Waals surface area contributed by atoms with Gasteiger partial charge in [0.05, 0.1) is 5.69 Å². The maximum atomic E-state index is 13.2. The molecule has 4 rings (SSSR count). The molecule has 0 aliphatic carbocycles. The topological polar surface area (TPSA) is 103 Å². The molecule has 2 aromatic heterocycles. The molecule has 1 aromatic carbocycles. The van der Waals surface area contributed by atoms with Crippen LogP contribution in [0, 0.1) is 6.92 Å². The van der Waals surface area contributed by atoms with Crippen LogP contribution in [0.25, 0.3) is 5.69 Å². The summed E-state index contributed by atoms with van der Waals surface area (Å²) in [4.78, 5) is 13.2. The number of carbonyl (C=O) groups is 1. The molecule has 1 fully saturated rings. The second-order valence-electron chi connectivity index (χ2n) is 6.44. The van der Waals surface area contributed by atoms with Crippen LogP contribution < -0.4 is 10.6 Å². The maximum Gasteiger partial charge on any atom is 0.252 e. The Morgan fingerprint density at radius 3 is 2.85 bits per heavy atom. The van der Waals surface area contributed by atoms with Crippen molar-refractivity contribution in [2.75, 3.05) is 18.4 Å². The first-order chi connectivity index (χ1) is 12.7. The maximum absolute atomic E-state index is 13.2. The molecule has 3 heterocycles. The van der Waals surface area contributed by atoms with Gasteiger partial charge in [0.2, 0.25) is 0 Å². The van der Waals surface area contributed by atoms with Crippen LogP contribution in [0.3, 0.4) is 0 Å². The van der Waals surface area contributed by atoms with Gasteiger partial charge in [0.25, 0.3) is 5.91 Å². The summed E-state index contributed by atoms with van der Waals surface area (Å²) in [5, 5.41) is 22.0. The van der Waals surface area contributed by atoms with Gasteiger partial charge in [-0.15, -0.1) is 5.10 Å². The highest BCUT2D eigenvalue weighted by Gasteiger charge is 2.42. The zero-order valence-electron chi connectivity index (χ0n) is 14.5. The van der Waals surface area contributed by atoms with Gasteiger partial charge >= 0.3 is 0 Å². The highest BCUT2D eigenvalue weighted by atomic mass is 16.2. The summed E-state index contributed by atoms with van der Waals surface area (Å²) in [7, 11) is 0. The van der Waals surface area contributed by atoms with Crippen molar-refractivity contribution in [1.82, 2.24) is 35.3 Å². The lowest BCUT2D eigenvalue weighted by Gasteiger charge is -2.36. The molecule has 2 N–H and O–H groups in total. The molecule has 0 unspecified atom stereocenters. The summed E-state index contributed by atoms with van der Waals surface area (Å²) in [5.74, 6) is -0.0609. The predicted molar refractivity (Wildman–Crippen MR) is 94.8 cm³/mol. The Morgan fingerprint density at radius 2 is 2.15 bits per heavy atom. The third kappa shape index (κ3) is 2.86. The number of hydrogen-bond donors (Lipinski definition) is 2. The number of amides is 1. The number of aryl methyl sites for hydroxylation is 1. The first kappa shape index (κ1) is 16.4. The van der Waals surface area contributed by atoms with Crippen LogP contribution in [0.5, 0.6) is 0 Å². The standard InChI is InChI=1S/C17H20N8O/c1-13-3-4-14(11-15(13)24-12-19-22-23-24)21-16(26)17(5-8-18-9-6-17)25-10-2-7-20-25/h2-4,7,10-12,18H,5-6,8-9H2,1H3,(H,21,26). The first-order valence-corrected chi connectivity index (χ1v) is 8.55. The van der Waals surface area contributed by atoms with Gasteiger partial charge in [-0.1, -0.05) is 6.07 Å². The van der Waals surface area contributed by atoms with Gasteiger partial charge in [0, 0.05) is 18.1 Å². The van der Waals surface area contributed by atoms with E-state index in [1.807, 2.05) is 37.4 Å². The SMILES string of the molecule is Cc1ccc(NC(=O)C2(n3cccn3)CCNCC2)cc1-n1cnnn1. The summed E-state index contributed by atoms with van der Waals surface area (Å²) in [5.41, 5.74) is 1.86. The van der Waals surface area contributed by atoms with Crippen molar-refractivity contribution in [3.8, 4) is 5.69 Å². The van der Waals surface area contributed by atoms with E-state index in [1.165, 1.54) is 6.33 Å². The molecular weight excluding hydrogens is 332 g/mol. The molecule has 9 heteroatoms. The summed E-state index contributed by atoms with van der Waals surface area (Å²) in [6, 6.07) is 7.55. The fourth-order valence-corrected chi connectivity index (χ4v) is 3.38. The minimum absolute atomic E-state index is 0.0609. The van der Waals surface area contributed by atoms with E-state index in [4.69, 9.17) is 0 Å². The lowest BCUT2D eigenvalue weighted by molar-refractivity contribution is -0.126. The Bertz CT molecular complexity index is 882. The number of nitrogens with zero attached hydrogens (tertiary/aromatic N) is 6. The Hall–Kier alpha value is -3.07. The summed E-state index contributed by atoms with van der Waals surface area (Å²) < 4.78 is 3.36. The Labute approximate surface area is 150 Å². The quantitative estimate of drug-likeness (QED) is 0.723. The van der Waals surface area contributed by atoms with E-state index in [0.717, 1.165) is 24.3 Å². The average Bonchev–Trinajstić information content (AvgIpc) is 3.38. The summed E-state index contributed by atoms with van der Waals surface area (Å²) in [6.07, 6.45) is 6.47. The zero-order valence-corrected chi connectivity index (χ0v) is 14.5. The number of piperidine rings is 1. The number of hydrogen-bond acceptors (Lipinski definition) is 6. The lowest BCUT2D eigenvalue weighted by Crippen LogP contribution is -2.52. The minimum Gasteiger partial charge on any atom is -0.324 e. The van der Waals surface area contributed by atoms with Crippen LogP contribution in [0.2, 0.25) is 0 Å². The molecule has 0 atom stereocenters. The van der Waals surface area contributed by atoms with E-state index < -0.39 is 5.54 Å². The van der Waals surface area contributed by atoms with Crippen molar-refractivity contribution < 1.29 is 4.79 Å². The Kier molecular flexibility index (Phi) is 4.21. The van der Waals surface area contributed by atoms with E-state index in [9.17, 15) is 4.79 Å². The molecule has 0 bridgehead atoms. The number of rotatable bonds is 4. The molecule has 0 spiro atoms. The lowest BCUT2D eigenvalue weighted by atomic mass is 9.87. The van der Waals surface area contributed by atoms with E-state index in [1.54, 1.807) is 15.6 Å². The minimum atomic E-state index is -0.686. The second kappa shape index (κ2) is 6.68. The normalized spacial score (nSPS) is 16.3. The largest absolute Gasteiger partial charge is 0.324 e. The van der Waals surface area contributed by atoms with Crippen molar-refractivity contribution in [2.45, 2.75) is 25.3 Å². The Morgan fingerprint density at radius 1 is 1.31 bits per heavy atom. The van der Waals surface area contributed by atoms with Crippen molar-refractivity contribution in [1.29, 1.82) is 0 Å². The zero-order chi connectivity index (χ0) is 18.0. The van der Waals surface area contributed by atoms with E-state index in [-0.39, 0.29) is 5.91 Å². The van der Waals surface area contributed by atoms with Gasteiger partial charge < -0.3 is 10.6 Å². The van der Waals surface area contributed by atoms with Crippen LogP contribution in [0.1, 0.15) is 18.4 Å². The van der Waals surface area contributed by atoms with Crippen molar-refractivity contribution >= 4 is 11.6 Å². The number of anilines is 1. The van der Waals surface area contributed by atoms with Gasteiger partial charge in [-0.3, -0.25) is 9.48 Å². The van der Waals surface area contributed by atoms with E-state index in [2.05, 4.69) is 31.3 Å². The monoisotopic (exact) mass is 352 g/mol. The van der Waals surface area contributed by atoms with Crippen molar-refractivity contribution in [3.63, 3.8) is 0 Å². The number of carbonyl (C=O) groups excluding carboxylic acids is 1. The number of nitrogens with one attached hydrogen (secondary N) is 2. The average molecular weight is 352 g/mol. The van der Waals surface area contributed by atoms with E-state index >= 15 is 0 Å². The van der Waals surface area contributed by atoms with Crippen LogP contribution in [0.4, 0.5) is 5.69 Å². The molecule has 0 radical (unpaired) electrons. The summed E-state index contributed by atoms with van der Waals surface area (Å²) in [6.45, 7) is 3.52. The molecule has 26 heavy (non-hydrogen) atoms. The smallest absolute Gasteiger partial charge is 0.252 e. The van der Waals surface area contributed by atoms with Gasteiger partial charge in [-0.05, 0) is 67.0 Å². The molecular formula is C17H20N8O. The molecule has 3 aromatic rings. The molecule has 134 valence electrons. The Balaban J connectivity index is 1.64. The fourth-order valence-electron chi connectivity index (χ4n) is 3.38.